The van der Waals surface area contributed by atoms with Crippen LogP contribution in [0.1, 0.15) is 59.3 Å². The highest BCUT2D eigenvalue weighted by Crippen LogP contribution is 2.29. The minimum atomic E-state index is 0.151. The summed E-state index contributed by atoms with van der Waals surface area (Å²) in [6.45, 7) is 13.3. The van der Waals surface area contributed by atoms with Gasteiger partial charge in [-0.15, -0.1) is 0 Å². The average molecular weight is 238 g/mol. The summed E-state index contributed by atoms with van der Waals surface area (Å²) in [5, 5.41) is 0. The first kappa shape index (κ1) is 14.7. The zero-order valence-corrected chi connectivity index (χ0v) is 12.0. The molecular formula is C15H30N2. The van der Waals surface area contributed by atoms with Gasteiger partial charge in [0.2, 0.25) is 0 Å². The molecule has 1 fully saturated rings. The van der Waals surface area contributed by atoms with Gasteiger partial charge in [-0.1, -0.05) is 32.4 Å². The molecular weight excluding hydrogens is 208 g/mol. The lowest BCUT2D eigenvalue weighted by molar-refractivity contribution is 0.0545. The van der Waals surface area contributed by atoms with Gasteiger partial charge in [0.25, 0.3) is 0 Å². The van der Waals surface area contributed by atoms with E-state index in [4.69, 9.17) is 5.73 Å². The molecule has 2 atom stereocenters. The van der Waals surface area contributed by atoms with Crippen molar-refractivity contribution in [1.82, 2.24) is 4.90 Å². The zero-order chi connectivity index (χ0) is 12.9. The Balaban J connectivity index is 2.67. The van der Waals surface area contributed by atoms with Crippen molar-refractivity contribution in [1.29, 1.82) is 0 Å². The Morgan fingerprint density at radius 1 is 1.29 bits per heavy atom. The van der Waals surface area contributed by atoms with Gasteiger partial charge in [-0.3, -0.25) is 4.90 Å². The van der Waals surface area contributed by atoms with Crippen LogP contribution in [0.2, 0.25) is 0 Å². The maximum atomic E-state index is 6.47. The fraction of sp³-hybridized carbons (Fsp3) is 0.867. The highest BCUT2D eigenvalue weighted by molar-refractivity contribution is 5.04. The van der Waals surface area contributed by atoms with Crippen LogP contribution < -0.4 is 5.73 Å². The van der Waals surface area contributed by atoms with E-state index in [0.29, 0.717) is 0 Å². The standard InChI is InChI=1S/C15H30N2/c1-5-13(3)12-14(16)15(4,6-2)17-10-8-7-9-11-17/h14H,3,5-12,16H2,1-2,4H3. The quantitative estimate of drug-likeness (QED) is 0.719. The van der Waals surface area contributed by atoms with Gasteiger partial charge in [-0.2, -0.15) is 0 Å². The largest absolute Gasteiger partial charge is 0.326 e. The van der Waals surface area contributed by atoms with Crippen LogP contribution in [0, 0.1) is 0 Å². The van der Waals surface area contributed by atoms with E-state index in [1.165, 1.54) is 37.9 Å². The number of nitrogens with two attached hydrogens (primary N) is 1. The second-order valence-electron chi connectivity index (χ2n) is 5.67. The van der Waals surface area contributed by atoms with Gasteiger partial charge in [0.05, 0.1) is 0 Å². The maximum Gasteiger partial charge on any atom is 0.0332 e. The fourth-order valence-corrected chi connectivity index (χ4v) is 2.80. The third-order valence-corrected chi connectivity index (χ3v) is 4.60. The Morgan fingerprint density at radius 2 is 1.88 bits per heavy atom. The monoisotopic (exact) mass is 238 g/mol. The number of hydrogen-bond acceptors (Lipinski definition) is 2. The number of rotatable bonds is 6. The van der Waals surface area contributed by atoms with Crippen LogP contribution in [-0.4, -0.2) is 29.6 Å². The molecule has 17 heavy (non-hydrogen) atoms. The fourth-order valence-electron chi connectivity index (χ4n) is 2.80. The lowest BCUT2D eigenvalue weighted by Crippen LogP contribution is -2.59. The average Bonchev–Trinajstić information content (AvgIpc) is 2.38. The molecule has 0 saturated carbocycles. The Bertz CT molecular complexity index is 243. The van der Waals surface area contributed by atoms with Crippen molar-refractivity contribution in [3.63, 3.8) is 0 Å². The molecule has 0 aromatic rings. The third-order valence-electron chi connectivity index (χ3n) is 4.60. The van der Waals surface area contributed by atoms with Crippen LogP contribution in [0.5, 0.6) is 0 Å². The van der Waals surface area contributed by atoms with Crippen LogP contribution in [-0.2, 0) is 0 Å². The molecule has 0 amide bonds. The lowest BCUT2D eigenvalue weighted by atomic mass is 9.82. The Labute approximate surface area is 107 Å². The topological polar surface area (TPSA) is 29.3 Å². The van der Waals surface area contributed by atoms with Crippen molar-refractivity contribution < 1.29 is 0 Å². The molecule has 0 aromatic heterocycles. The predicted molar refractivity (Wildman–Crippen MR) is 76.1 cm³/mol. The number of nitrogens with zero attached hydrogens (tertiary/aromatic N) is 1. The third kappa shape index (κ3) is 3.56. The second-order valence-corrected chi connectivity index (χ2v) is 5.67. The molecule has 1 rings (SSSR count). The van der Waals surface area contributed by atoms with E-state index in [9.17, 15) is 0 Å². The smallest absolute Gasteiger partial charge is 0.0332 e. The van der Waals surface area contributed by atoms with Gasteiger partial charge in [0, 0.05) is 11.6 Å². The molecule has 0 aliphatic carbocycles. The van der Waals surface area contributed by atoms with Crippen molar-refractivity contribution >= 4 is 0 Å². The summed E-state index contributed by atoms with van der Waals surface area (Å²) in [7, 11) is 0. The molecule has 0 bridgehead atoms. The van der Waals surface area contributed by atoms with E-state index in [0.717, 1.165) is 19.3 Å². The summed E-state index contributed by atoms with van der Waals surface area (Å²) in [5.74, 6) is 0. The first-order valence-corrected chi connectivity index (χ1v) is 7.21. The summed E-state index contributed by atoms with van der Waals surface area (Å²) in [4.78, 5) is 2.62. The van der Waals surface area contributed by atoms with E-state index >= 15 is 0 Å². The van der Waals surface area contributed by atoms with Crippen LogP contribution in [0.3, 0.4) is 0 Å². The second kappa shape index (κ2) is 6.55. The molecule has 1 aliphatic heterocycles. The highest BCUT2D eigenvalue weighted by atomic mass is 15.2. The lowest BCUT2D eigenvalue weighted by Gasteiger charge is -2.47. The molecule has 2 N–H and O–H groups in total. The Morgan fingerprint density at radius 3 is 2.35 bits per heavy atom. The number of hydrogen-bond donors (Lipinski definition) is 1. The minimum Gasteiger partial charge on any atom is -0.326 e. The van der Waals surface area contributed by atoms with Crippen LogP contribution >= 0.6 is 0 Å². The van der Waals surface area contributed by atoms with E-state index in [2.05, 4.69) is 32.3 Å². The van der Waals surface area contributed by atoms with E-state index in [1.54, 1.807) is 0 Å². The first-order chi connectivity index (χ1) is 8.04. The summed E-state index contributed by atoms with van der Waals surface area (Å²) in [5.41, 5.74) is 7.91. The zero-order valence-electron chi connectivity index (χ0n) is 12.0. The van der Waals surface area contributed by atoms with Gasteiger partial charge >= 0.3 is 0 Å². The normalized spacial score (nSPS) is 23.1. The molecule has 1 aliphatic rings. The van der Waals surface area contributed by atoms with E-state index in [-0.39, 0.29) is 11.6 Å². The summed E-state index contributed by atoms with van der Waals surface area (Å²) >= 11 is 0. The van der Waals surface area contributed by atoms with Crippen molar-refractivity contribution in [2.24, 2.45) is 5.73 Å². The molecule has 100 valence electrons. The number of piperidine rings is 1. The molecule has 0 spiro atoms. The van der Waals surface area contributed by atoms with E-state index < -0.39 is 0 Å². The van der Waals surface area contributed by atoms with Crippen molar-refractivity contribution in [3.8, 4) is 0 Å². The van der Waals surface area contributed by atoms with Crippen molar-refractivity contribution in [3.05, 3.63) is 12.2 Å². The number of likely N-dealkylation sites (tertiary alicyclic amines) is 1. The molecule has 2 heteroatoms. The van der Waals surface area contributed by atoms with Gasteiger partial charge in [-0.05, 0) is 52.1 Å². The molecule has 0 aromatic carbocycles. The Kier molecular flexibility index (Phi) is 5.68. The Hall–Kier alpha value is -0.340. The van der Waals surface area contributed by atoms with Crippen molar-refractivity contribution in [2.45, 2.75) is 70.9 Å². The molecule has 2 nitrogen and oxygen atoms in total. The molecule has 0 radical (unpaired) electrons. The molecule has 1 heterocycles. The minimum absolute atomic E-state index is 0.151. The summed E-state index contributed by atoms with van der Waals surface area (Å²) < 4.78 is 0. The highest BCUT2D eigenvalue weighted by Gasteiger charge is 2.36. The van der Waals surface area contributed by atoms with Gasteiger partial charge in [0.1, 0.15) is 0 Å². The van der Waals surface area contributed by atoms with Gasteiger partial charge in [0.15, 0.2) is 0 Å². The van der Waals surface area contributed by atoms with Crippen LogP contribution in [0.25, 0.3) is 0 Å². The molecule has 2 unspecified atom stereocenters. The van der Waals surface area contributed by atoms with Crippen LogP contribution in [0.15, 0.2) is 12.2 Å². The molecule has 1 saturated heterocycles. The predicted octanol–water partition coefficient (Wildman–Crippen LogP) is 3.32. The van der Waals surface area contributed by atoms with Crippen LogP contribution in [0.4, 0.5) is 0 Å². The summed E-state index contributed by atoms with van der Waals surface area (Å²) in [6.07, 6.45) is 7.19. The van der Waals surface area contributed by atoms with Gasteiger partial charge in [-0.25, -0.2) is 0 Å². The first-order valence-electron chi connectivity index (χ1n) is 7.21. The maximum absolute atomic E-state index is 6.47. The summed E-state index contributed by atoms with van der Waals surface area (Å²) in [6, 6.07) is 0.220. The van der Waals surface area contributed by atoms with Gasteiger partial charge < -0.3 is 5.73 Å². The van der Waals surface area contributed by atoms with Crippen molar-refractivity contribution in [2.75, 3.05) is 13.1 Å². The van der Waals surface area contributed by atoms with E-state index in [1.807, 2.05) is 0 Å². The SMILES string of the molecule is C=C(CC)CC(N)C(C)(CC)N1CCCCC1.